The van der Waals surface area contributed by atoms with Crippen molar-refractivity contribution >= 4 is 15.9 Å². The van der Waals surface area contributed by atoms with Gasteiger partial charge < -0.3 is 0 Å². The Bertz CT molecular complexity index is 61.8. The first kappa shape index (κ1) is 5.95. The normalized spacial score (nSPS) is 12.0. The third-order valence-electron chi connectivity index (χ3n) is 0.256. The van der Waals surface area contributed by atoms with E-state index in [0.717, 1.165) is 0 Å². The van der Waals surface area contributed by atoms with E-state index in [1.807, 2.05) is 0 Å². The van der Waals surface area contributed by atoms with Crippen LogP contribution >= 0.6 is 15.9 Å². The van der Waals surface area contributed by atoms with Gasteiger partial charge in [-0.1, -0.05) is 15.9 Å². The van der Waals surface area contributed by atoms with Crippen molar-refractivity contribution in [2.24, 2.45) is 0 Å². The largest absolute Gasteiger partial charge is 0.296 e. The molecule has 3 heteroatoms. The van der Waals surface area contributed by atoms with Gasteiger partial charge in [0.2, 0.25) is 0 Å². The average Bonchev–Trinajstić information content (AvgIpc) is 1.65. The molecule has 1 radical (unpaired) electrons. The summed E-state index contributed by atoms with van der Waals surface area (Å²) in [5.41, 5.74) is 0. The lowest BCUT2D eigenvalue weighted by molar-refractivity contribution is 0.334. The van der Waals surface area contributed by atoms with E-state index in [4.69, 9.17) is 0 Å². The molecule has 0 unspecified atom stereocenters. The Morgan fingerprint density at radius 3 is 2.50 bits per heavy atom. The van der Waals surface area contributed by atoms with E-state index >= 15 is 0 Å². The van der Waals surface area contributed by atoms with E-state index in [2.05, 4.69) is 15.9 Å². The van der Waals surface area contributed by atoms with Crippen LogP contribution in [0.5, 0.6) is 0 Å². The van der Waals surface area contributed by atoms with Crippen LogP contribution in [0.3, 0.4) is 0 Å². The summed E-state index contributed by atoms with van der Waals surface area (Å²) < 4.78 is 11.4. The molecule has 0 heterocycles. The Hall–Kier alpha value is -0.0500. The second-order valence-corrected chi connectivity index (χ2v) is 1.26. The molecule has 0 amide bonds. The van der Waals surface area contributed by atoms with Gasteiger partial charge in [-0.15, -0.1) is 0 Å². The smallest absolute Gasteiger partial charge is 0.175 e. The number of allylic oxidation sites excluding steroid dienone is 1. The average molecular weight is 154 g/mol. The maximum Gasteiger partial charge on any atom is 0.175 e. The molecular formula is C3H3BrFO. The lowest BCUT2D eigenvalue weighted by Crippen LogP contribution is -1.67. The molecule has 0 bridgehead atoms. The summed E-state index contributed by atoms with van der Waals surface area (Å²) in [5.74, 6) is -0.671. The van der Waals surface area contributed by atoms with Crippen molar-refractivity contribution in [3.63, 3.8) is 0 Å². The second kappa shape index (κ2) is 3.15. The van der Waals surface area contributed by atoms with Gasteiger partial charge in [0.25, 0.3) is 0 Å². The van der Waals surface area contributed by atoms with Gasteiger partial charge in [0.1, 0.15) is 0 Å². The van der Waals surface area contributed by atoms with E-state index in [-0.39, 0.29) is 11.6 Å². The molecular weight excluding hydrogens is 151 g/mol. The van der Waals surface area contributed by atoms with E-state index in [1.54, 1.807) is 0 Å². The quantitative estimate of drug-likeness (QED) is 0.404. The summed E-state index contributed by atoms with van der Waals surface area (Å²) in [4.78, 5) is 0. The van der Waals surface area contributed by atoms with Gasteiger partial charge in [-0.05, 0) is 0 Å². The van der Waals surface area contributed by atoms with Gasteiger partial charge in [0.05, 0.1) is 5.33 Å². The van der Waals surface area contributed by atoms with Crippen LogP contribution in [-0.2, 0) is 5.11 Å². The zero-order valence-corrected chi connectivity index (χ0v) is 4.53. The summed E-state index contributed by atoms with van der Waals surface area (Å²) >= 11 is 2.73. The number of hydrogen-bond donors (Lipinski definition) is 0. The summed E-state index contributed by atoms with van der Waals surface area (Å²) in [6.45, 7) is 0. The second-order valence-electron chi connectivity index (χ2n) is 0.698. The Kier molecular flexibility index (Phi) is 3.13. The Morgan fingerprint density at radius 1 is 2.00 bits per heavy atom. The monoisotopic (exact) mass is 153 g/mol. The highest BCUT2D eigenvalue weighted by molar-refractivity contribution is 9.09. The van der Waals surface area contributed by atoms with Crippen LogP contribution in [0.15, 0.2) is 12.1 Å². The van der Waals surface area contributed by atoms with E-state index in [0.29, 0.717) is 0 Å². The van der Waals surface area contributed by atoms with Crippen molar-refractivity contribution in [3.8, 4) is 0 Å². The molecule has 0 aliphatic carbocycles. The molecule has 0 saturated carbocycles. The molecule has 1 nitrogen and oxygen atoms in total. The third kappa shape index (κ3) is 2.20. The topological polar surface area (TPSA) is 19.9 Å². The third-order valence-corrected chi connectivity index (χ3v) is 0.791. The predicted octanol–water partition coefficient (Wildman–Crippen LogP) is 1.62. The first-order valence-electron chi connectivity index (χ1n) is 1.33. The minimum absolute atomic E-state index is 0.0243. The minimum atomic E-state index is -0.671. The predicted molar refractivity (Wildman–Crippen MR) is 23.7 cm³/mol. The van der Waals surface area contributed by atoms with Gasteiger partial charge in [0.15, 0.2) is 12.1 Å². The minimum Gasteiger partial charge on any atom is -0.296 e. The van der Waals surface area contributed by atoms with Gasteiger partial charge in [-0.2, -0.15) is 0 Å². The highest BCUT2D eigenvalue weighted by atomic mass is 79.9. The van der Waals surface area contributed by atoms with Crippen LogP contribution < -0.4 is 0 Å². The summed E-state index contributed by atoms with van der Waals surface area (Å²) in [5, 5.41) is 9.32. The van der Waals surface area contributed by atoms with Crippen LogP contribution in [0, 0.1) is 0 Å². The Balaban J connectivity index is 3.22. The van der Waals surface area contributed by atoms with Crippen LogP contribution in [0.4, 0.5) is 4.39 Å². The molecule has 0 saturated heterocycles. The molecule has 0 spiro atoms. The van der Waals surface area contributed by atoms with Gasteiger partial charge in [0, 0.05) is 0 Å². The summed E-state index contributed by atoms with van der Waals surface area (Å²) in [7, 11) is 0. The molecule has 0 rings (SSSR count). The highest BCUT2D eigenvalue weighted by Crippen LogP contribution is 1.97. The van der Waals surface area contributed by atoms with Crippen molar-refractivity contribution in [3.05, 3.63) is 12.1 Å². The fourth-order valence-electron chi connectivity index (χ4n) is 0.0315. The lowest BCUT2D eigenvalue weighted by atomic mass is 10.7. The maximum atomic E-state index is 11.4. The van der Waals surface area contributed by atoms with Crippen molar-refractivity contribution in [1.29, 1.82) is 0 Å². The highest BCUT2D eigenvalue weighted by Gasteiger charge is 1.85. The Morgan fingerprint density at radius 2 is 2.50 bits per heavy atom. The Labute approximate surface area is 43.6 Å². The maximum absolute atomic E-state index is 11.4. The molecule has 0 fully saturated rings. The zero-order valence-electron chi connectivity index (χ0n) is 2.95. The van der Waals surface area contributed by atoms with Gasteiger partial charge in [-0.3, -0.25) is 5.11 Å². The van der Waals surface area contributed by atoms with Crippen molar-refractivity contribution in [2.45, 2.75) is 0 Å². The zero-order chi connectivity index (χ0) is 4.99. The first-order valence-corrected chi connectivity index (χ1v) is 2.46. The summed E-state index contributed by atoms with van der Waals surface area (Å²) in [6, 6.07) is 0. The number of rotatable bonds is 1. The molecule has 35 valence electrons. The number of alkyl halides is 1. The molecule has 0 aromatic carbocycles. The van der Waals surface area contributed by atoms with Crippen LogP contribution in [-0.4, -0.2) is 5.33 Å². The molecule has 0 N–H and O–H groups in total. The molecule has 0 aliphatic heterocycles. The fourth-order valence-corrected chi connectivity index (χ4v) is 0.164. The van der Waals surface area contributed by atoms with E-state index in [1.165, 1.54) is 0 Å². The molecule has 0 aromatic heterocycles. The molecule has 0 aliphatic rings. The van der Waals surface area contributed by atoms with Gasteiger partial charge in [-0.25, -0.2) is 4.39 Å². The lowest BCUT2D eigenvalue weighted by Gasteiger charge is -1.74. The fraction of sp³-hybridized carbons (Fsp3) is 0.333. The van der Waals surface area contributed by atoms with Crippen molar-refractivity contribution in [1.82, 2.24) is 0 Å². The van der Waals surface area contributed by atoms with Crippen LogP contribution in [0.25, 0.3) is 0 Å². The standard InChI is InChI=1S/C3H3BrFO/c4-1-3(5)2-6/h2H,1H2. The van der Waals surface area contributed by atoms with Gasteiger partial charge >= 0.3 is 0 Å². The van der Waals surface area contributed by atoms with Crippen LogP contribution in [0.1, 0.15) is 0 Å². The summed E-state index contributed by atoms with van der Waals surface area (Å²) in [6.07, 6.45) is 0.175. The van der Waals surface area contributed by atoms with Crippen LogP contribution in [0.2, 0.25) is 0 Å². The van der Waals surface area contributed by atoms with E-state index in [9.17, 15) is 9.50 Å². The molecule has 0 atom stereocenters. The van der Waals surface area contributed by atoms with Crippen molar-refractivity contribution in [2.75, 3.05) is 5.33 Å². The molecule has 6 heavy (non-hydrogen) atoms. The number of halogens is 2. The van der Waals surface area contributed by atoms with Crippen molar-refractivity contribution < 1.29 is 9.50 Å². The number of hydrogen-bond acceptors (Lipinski definition) is 0. The molecule has 0 aromatic rings. The van der Waals surface area contributed by atoms with E-state index < -0.39 is 5.83 Å². The SMILES string of the molecule is [O]C=C(F)CBr. The first-order chi connectivity index (χ1) is 2.81.